The molecule has 1 aromatic rings. The van der Waals surface area contributed by atoms with Crippen LogP contribution < -0.4 is 5.73 Å². The highest BCUT2D eigenvalue weighted by molar-refractivity contribution is 5.85. The first-order valence-electron chi connectivity index (χ1n) is 3.64. The summed E-state index contributed by atoms with van der Waals surface area (Å²) in [7, 11) is 0. The molecule has 0 spiro atoms. The van der Waals surface area contributed by atoms with E-state index < -0.39 is 0 Å². The van der Waals surface area contributed by atoms with E-state index in [1.165, 1.54) is 0 Å². The van der Waals surface area contributed by atoms with Gasteiger partial charge in [0.05, 0.1) is 24.3 Å². The van der Waals surface area contributed by atoms with Gasteiger partial charge in [-0.25, -0.2) is 0 Å². The summed E-state index contributed by atoms with van der Waals surface area (Å²) in [6, 6.07) is 8.53. The Morgan fingerprint density at radius 2 is 1.92 bits per heavy atom. The number of benzene rings is 1. The van der Waals surface area contributed by atoms with Crippen molar-refractivity contribution in [2.24, 2.45) is 5.73 Å². The van der Waals surface area contributed by atoms with Crippen molar-refractivity contribution in [1.29, 1.82) is 5.26 Å². The summed E-state index contributed by atoms with van der Waals surface area (Å²) in [5.74, 6) is 0. The second-order valence-electron chi connectivity index (χ2n) is 2.52. The van der Waals surface area contributed by atoms with Gasteiger partial charge in [0, 0.05) is 0 Å². The number of hydrogen-bond acceptors (Lipinski definition) is 3. The summed E-state index contributed by atoms with van der Waals surface area (Å²) in [6.45, 7) is -0.0775. The second-order valence-corrected chi connectivity index (χ2v) is 2.52. The fourth-order valence-electron chi connectivity index (χ4n) is 0.910. The van der Waals surface area contributed by atoms with Gasteiger partial charge in [0.15, 0.2) is 0 Å². The molecule has 1 rings (SSSR count). The summed E-state index contributed by atoms with van der Waals surface area (Å²) < 4.78 is 0. The fraction of sp³-hybridized carbons (Fsp3) is 0.222. The zero-order valence-electron chi connectivity index (χ0n) is 6.97. The number of aliphatic hydroxyl groups excluding tert-OH is 1. The van der Waals surface area contributed by atoms with Crippen LogP contribution in [0, 0.1) is 11.3 Å². The van der Waals surface area contributed by atoms with E-state index >= 15 is 0 Å². The quantitative estimate of drug-likeness (QED) is 0.744. The summed E-state index contributed by atoms with van der Waals surface area (Å²) in [5.41, 5.74) is 7.00. The molecular weight excluding hydrogens is 188 g/mol. The molecule has 0 radical (unpaired) electrons. The maximum atomic E-state index is 8.72. The summed E-state index contributed by atoms with van der Waals surface area (Å²) in [6.07, 6.45) is 0. The molecule has 0 saturated heterocycles. The number of rotatable bonds is 2. The summed E-state index contributed by atoms with van der Waals surface area (Å²) in [4.78, 5) is 0. The van der Waals surface area contributed by atoms with Gasteiger partial charge >= 0.3 is 0 Å². The number of aliphatic hydroxyl groups is 1. The van der Waals surface area contributed by atoms with Gasteiger partial charge in [-0.3, -0.25) is 0 Å². The van der Waals surface area contributed by atoms with Gasteiger partial charge in [-0.2, -0.15) is 5.26 Å². The number of nitrogens with zero attached hydrogens (tertiary/aromatic N) is 1. The first-order valence-corrected chi connectivity index (χ1v) is 3.64. The van der Waals surface area contributed by atoms with E-state index in [1.54, 1.807) is 24.3 Å². The molecule has 1 aromatic carbocycles. The monoisotopic (exact) mass is 198 g/mol. The van der Waals surface area contributed by atoms with E-state index in [0.717, 1.165) is 5.56 Å². The SMILES string of the molecule is Cl.N#Cc1ccc([C@H](N)CO)cc1. The van der Waals surface area contributed by atoms with Crippen LogP contribution >= 0.6 is 12.4 Å². The van der Waals surface area contributed by atoms with Gasteiger partial charge in [0.1, 0.15) is 0 Å². The van der Waals surface area contributed by atoms with Gasteiger partial charge in [-0.15, -0.1) is 12.4 Å². The Labute approximate surface area is 83.2 Å². The van der Waals surface area contributed by atoms with E-state index in [0.29, 0.717) is 5.56 Å². The van der Waals surface area contributed by atoms with Crippen LogP contribution in [-0.4, -0.2) is 11.7 Å². The topological polar surface area (TPSA) is 70.0 Å². The Hall–Kier alpha value is -1.08. The molecule has 0 unspecified atom stereocenters. The van der Waals surface area contributed by atoms with Gasteiger partial charge in [-0.1, -0.05) is 12.1 Å². The molecular formula is C9H11ClN2O. The van der Waals surface area contributed by atoms with Crippen molar-refractivity contribution in [3.8, 4) is 6.07 Å². The fourth-order valence-corrected chi connectivity index (χ4v) is 0.910. The molecule has 0 saturated carbocycles. The third-order valence-corrected chi connectivity index (χ3v) is 1.66. The van der Waals surface area contributed by atoms with Gasteiger partial charge < -0.3 is 10.8 Å². The largest absolute Gasteiger partial charge is 0.394 e. The van der Waals surface area contributed by atoms with Crippen LogP contribution in [0.5, 0.6) is 0 Å². The van der Waals surface area contributed by atoms with Crippen molar-refractivity contribution in [3.63, 3.8) is 0 Å². The van der Waals surface area contributed by atoms with Crippen molar-refractivity contribution in [2.75, 3.05) is 6.61 Å². The van der Waals surface area contributed by atoms with Crippen molar-refractivity contribution in [2.45, 2.75) is 6.04 Å². The Morgan fingerprint density at radius 3 is 2.31 bits per heavy atom. The zero-order chi connectivity index (χ0) is 8.97. The van der Waals surface area contributed by atoms with Crippen LogP contribution in [0.15, 0.2) is 24.3 Å². The first kappa shape index (κ1) is 11.9. The Bertz CT molecular complexity index is 291. The zero-order valence-corrected chi connectivity index (χ0v) is 7.79. The van der Waals surface area contributed by atoms with Crippen LogP contribution in [0.4, 0.5) is 0 Å². The van der Waals surface area contributed by atoms with E-state index in [1.807, 2.05) is 6.07 Å². The van der Waals surface area contributed by atoms with E-state index in [-0.39, 0.29) is 25.1 Å². The Balaban J connectivity index is 0.00000144. The highest BCUT2D eigenvalue weighted by atomic mass is 35.5. The number of nitrogens with two attached hydrogens (primary N) is 1. The maximum Gasteiger partial charge on any atom is 0.0991 e. The van der Waals surface area contributed by atoms with Gasteiger partial charge in [-0.05, 0) is 17.7 Å². The van der Waals surface area contributed by atoms with E-state index in [2.05, 4.69) is 0 Å². The molecule has 0 heterocycles. The van der Waals surface area contributed by atoms with Crippen LogP contribution in [-0.2, 0) is 0 Å². The first-order chi connectivity index (χ1) is 5.77. The van der Waals surface area contributed by atoms with Crippen LogP contribution in [0.3, 0.4) is 0 Å². The standard InChI is InChI=1S/C9H10N2O.ClH/c10-5-7-1-3-8(4-2-7)9(11)6-12;/h1-4,9,12H,6,11H2;1H/t9-;/m1./s1. The lowest BCUT2D eigenvalue weighted by atomic mass is 10.1. The molecule has 0 aliphatic carbocycles. The molecule has 1 atom stereocenters. The number of halogens is 1. The Morgan fingerprint density at radius 1 is 1.38 bits per heavy atom. The number of hydrogen-bond donors (Lipinski definition) is 2. The van der Waals surface area contributed by atoms with Crippen molar-refractivity contribution in [3.05, 3.63) is 35.4 Å². The third kappa shape index (κ3) is 3.03. The minimum atomic E-state index is -0.349. The average Bonchev–Trinajstić information content (AvgIpc) is 2.17. The van der Waals surface area contributed by atoms with Gasteiger partial charge in [0.2, 0.25) is 0 Å². The predicted molar refractivity (Wildman–Crippen MR) is 52.4 cm³/mol. The molecule has 3 nitrogen and oxygen atoms in total. The van der Waals surface area contributed by atoms with Crippen LogP contribution in [0.2, 0.25) is 0 Å². The number of nitriles is 1. The van der Waals surface area contributed by atoms with Gasteiger partial charge in [0.25, 0.3) is 0 Å². The summed E-state index contributed by atoms with van der Waals surface area (Å²) in [5, 5.41) is 17.2. The lowest BCUT2D eigenvalue weighted by Crippen LogP contribution is -2.14. The smallest absolute Gasteiger partial charge is 0.0991 e. The Kier molecular flexibility index (Phi) is 5.09. The molecule has 0 amide bonds. The van der Waals surface area contributed by atoms with E-state index in [4.69, 9.17) is 16.1 Å². The molecule has 3 N–H and O–H groups in total. The maximum absolute atomic E-state index is 8.72. The van der Waals surface area contributed by atoms with Crippen molar-refractivity contribution < 1.29 is 5.11 Å². The molecule has 13 heavy (non-hydrogen) atoms. The van der Waals surface area contributed by atoms with E-state index in [9.17, 15) is 0 Å². The van der Waals surface area contributed by atoms with Crippen LogP contribution in [0.25, 0.3) is 0 Å². The molecule has 0 aliphatic heterocycles. The normalized spacial score (nSPS) is 11.2. The molecule has 70 valence electrons. The molecule has 4 heteroatoms. The molecule has 0 bridgehead atoms. The average molecular weight is 199 g/mol. The lowest BCUT2D eigenvalue weighted by Gasteiger charge is -2.07. The predicted octanol–water partition coefficient (Wildman–Crippen LogP) is 0.972. The molecule has 0 aliphatic rings. The third-order valence-electron chi connectivity index (χ3n) is 1.66. The second kappa shape index (κ2) is 5.55. The van der Waals surface area contributed by atoms with Crippen molar-refractivity contribution in [1.82, 2.24) is 0 Å². The molecule has 0 fully saturated rings. The minimum Gasteiger partial charge on any atom is -0.394 e. The van der Waals surface area contributed by atoms with Crippen molar-refractivity contribution >= 4 is 12.4 Å². The molecule has 0 aromatic heterocycles. The summed E-state index contributed by atoms with van der Waals surface area (Å²) >= 11 is 0. The highest BCUT2D eigenvalue weighted by Gasteiger charge is 2.02. The minimum absolute atomic E-state index is 0. The highest BCUT2D eigenvalue weighted by Crippen LogP contribution is 2.10. The lowest BCUT2D eigenvalue weighted by molar-refractivity contribution is 0.268. The van der Waals surface area contributed by atoms with Crippen LogP contribution in [0.1, 0.15) is 17.2 Å².